The third-order valence-electron chi connectivity index (χ3n) is 11.8. The standard InChI is InChI=1S/C53H38N2O/c1-53(2)45-22-13-25-51-52(45)55(48-23-10-11-24-50(48)56-51)47-31-28-38(33-46(47)53)37-17-12-18-41(32-37)54(40-29-26-36(27-30-40)35-14-4-3-5-15-35)49-34-39-16-6-7-19-42(39)43-20-8-9-21-44(43)49/h3-34H,1-2H3. The van der Waals surface area contributed by atoms with E-state index in [1.807, 2.05) is 6.07 Å². The molecule has 2 heterocycles. The molecule has 0 fully saturated rings. The minimum Gasteiger partial charge on any atom is -0.453 e. The molecule has 9 aromatic rings. The molecular formula is C53H38N2O. The van der Waals surface area contributed by atoms with Crippen molar-refractivity contribution < 1.29 is 4.74 Å². The van der Waals surface area contributed by atoms with Crippen LogP contribution in [0.15, 0.2) is 194 Å². The number of rotatable bonds is 5. The second-order valence-corrected chi connectivity index (χ2v) is 15.4. The van der Waals surface area contributed by atoms with Crippen LogP contribution in [0, 0.1) is 0 Å². The van der Waals surface area contributed by atoms with Gasteiger partial charge in [-0.25, -0.2) is 0 Å². The van der Waals surface area contributed by atoms with Crippen LogP contribution in [-0.2, 0) is 5.41 Å². The van der Waals surface area contributed by atoms with Gasteiger partial charge in [-0.3, -0.25) is 0 Å². The molecule has 0 atom stereocenters. The zero-order valence-electron chi connectivity index (χ0n) is 31.3. The average Bonchev–Trinajstić information content (AvgIpc) is 3.25. The average molecular weight is 719 g/mol. The first-order valence-corrected chi connectivity index (χ1v) is 19.3. The summed E-state index contributed by atoms with van der Waals surface area (Å²) in [6, 6.07) is 70.3. The van der Waals surface area contributed by atoms with E-state index < -0.39 is 0 Å². The molecule has 0 spiro atoms. The van der Waals surface area contributed by atoms with E-state index in [4.69, 9.17) is 4.74 Å². The number of nitrogens with zero attached hydrogens (tertiary/aromatic N) is 2. The van der Waals surface area contributed by atoms with E-state index in [1.165, 1.54) is 60.6 Å². The minimum absolute atomic E-state index is 0.253. The molecule has 266 valence electrons. The van der Waals surface area contributed by atoms with Crippen LogP contribution in [-0.4, -0.2) is 0 Å². The van der Waals surface area contributed by atoms with Crippen molar-refractivity contribution in [3.05, 3.63) is 205 Å². The summed E-state index contributed by atoms with van der Waals surface area (Å²) in [5.74, 6) is 1.77. The Morgan fingerprint density at radius 2 is 1.07 bits per heavy atom. The number of ether oxygens (including phenoxy) is 1. The quantitative estimate of drug-likeness (QED) is 0.165. The third kappa shape index (κ3) is 4.98. The molecule has 0 aromatic heterocycles. The lowest BCUT2D eigenvalue weighted by molar-refractivity contribution is 0.471. The lowest BCUT2D eigenvalue weighted by Crippen LogP contribution is -2.32. The van der Waals surface area contributed by atoms with Crippen LogP contribution in [0.25, 0.3) is 43.8 Å². The molecule has 11 rings (SSSR count). The number of fused-ring (bicyclic) bond motifs is 7. The van der Waals surface area contributed by atoms with Gasteiger partial charge in [0.25, 0.3) is 0 Å². The van der Waals surface area contributed by atoms with Crippen LogP contribution in [0.2, 0.25) is 0 Å². The van der Waals surface area contributed by atoms with Gasteiger partial charge in [0.2, 0.25) is 0 Å². The number of benzene rings is 9. The molecule has 9 aromatic carbocycles. The van der Waals surface area contributed by atoms with Gasteiger partial charge in [0.15, 0.2) is 11.5 Å². The van der Waals surface area contributed by atoms with E-state index in [0.717, 1.165) is 39.9 Å². The Kier molecular flexibility index (Phi) is 7.20. The van der Waals surface area contributed by atoms with E-state index >= 15 is 0 Å². The highest BCUT2D eigenvalue weighted by atomic mass is 16.5. The van der Waals surface area contributed by atoms with E-state index in [2.05, 4.69) is 212 Å². The van der Waals surface area contributed by atoms with Crippen molar-refractivity contribution in [2.75, 3.05) is 9.80 Å². The number of para-hydroxylation sites is 3. The first-order chi connectivity index (χ1) is 27.5. The van der Waals surface area contributed by atoms with Crippen LogP contribution in [0.4, 0.5) is 34.1 Å². The Labute approximate surface area is 327 Å². The number of anilines is 6. The third-order valence-corrected chi connectivity index (χ3v) is 11.8. The SMILES string of the molecule is CC1(C)c2cc(-c3cccc(N(c4ccc(-c5ccccc5)cc4)c4cc5ccccc5c5ccccc45)c3)ccc2N2c3ccccc3Oc3cccc1c32. The van der Waals surface area contributed by atoms with Crippen LogP contribution in [0.1, 0.15) is 25.0 Å². The maximum Gasteiger partial charge on any atom is 0.151 e. The van der Waals surface area contributed by atoms with Gasteiger partial charge in [0.05, 0.1) is 22.7 Å². The molecule has 0 saturated heterocycles. The van der Waals surface area contributed by atoms with E-state index in [9.17, 15) is 0 Å². The minimum atomic E-state index is -0.253. The summed E-state index contributed by atoms with van der Waals surface area (Å²) >= 11 is 0. The maximum atomic E-state index is 6.47. The largest absolute Gasteiger partial charge is 0.453 e. The zero-order chi connectivity index (χ0) is 37.4. The molecule has 56 heavy (non-hydrogen) atoms. The van der Waals surface area contributed by atoms with Crippen molar-refractivity contribution in [1.29, 1.82) is 0 Å². The van der Waals surface area contributed by atoms with Gasteiger partial charge in [-0.2, -0.15) is 0 Å². The van der Waals surface area contributed by atoms with Gasteiger partial charge in [0, 0.05) is 22.2 Å². The highest BCUT2D eigenvalue weighted by Crippen LogP contribution is 2.60. The fourth-order valence-corrected chi connectivity index (χ4v) is 9.02. The molecule has 0 amide bonds. The summed E-state index contributed by atoms with van der Waals surface area (Å²) in [5, 5.41) is 4.93. The number of hydrogen-bond donors (Lipinski definition) is 0. The van der Waals surface area contributed by atoms with Gasteiger partial charge in [-0.1, -0.05) is 147 Å². The Morgan fingerprint density at radius 3 is 1.93 bits per heavy atom. The van der Waals surface area contributed by atoms with E-state index in [-0.39, 0.29) is 5.41 Å². The Bertz CT molecular complexity index is 2980. The first kappa shape index (κ1) is 32.3. The van der Waals surface area contributed by atoms with Crippen molar-refractivity contribution in [1.82, 2.24) is 0 Å². The summed E-state index contributed by atoms with van der Waals surface area (Å²) in [6.07, 6.45) is 0. The van der Waals surface area contributed by atoms with E-state index in [1.54, 1.807) is 0 Å². The summed E-state index contributed by atoms with van der Waals surface area (Å²) in [5.41, 5.74) is 13.8. The molecule has 3 heteroatoms. The first-order valence-electron chi connectivity index (χ1n) is 19.3. The van der Waals surface area contributed by atoms with Crippen molar-refractivity contribution in [3.63, 3.8) is 0 Å². The van der Waals surface area contributed by atoms with Gasteiger partial charge in [0.1, 0.15) is 0 Å². The molecule has 0 radical (unpaired) electrons. The lowest BCUT2D eigenvalue weighted by atomic mass is 9.72. The molecule has 0 N–H and O–H groups in total. The van der Waals surface area contributed by atoms with Crippen molar-refractivity contribution in [3.8, 4) is 33.8 Å². The predicted molar refractivity (Wildman–Crippen MR) is 234 cm³/mol. The van der Waals surface area contributed by atoms with Gasteiger partial charge < -0.3 is 14.5 Å². The van der Waals surface area contributed by atoms with Crippen molar-refractivity contribution in [2.45, 2.75) is 19.3 Å². The van der Waals surface area contributed by atoms with Crippen molar-refractivity contribution >= 4 is 55.7 Å². The second kappa shape index (κ2) is 12.5. The topological polar surface area (TPSA) is 15.7 Å². The smallest absolute Gasteiger partial charge is 0.151 e. The van der Waals surface area contributed by atoms with Crippen LogP contribution in [0.5, 0.6) is 11.5 Å². The summed E-state index contributed by atoms with van der Waals surface area (Å²) in [7, 11) is 0. The Hall–Kier alpha value is -7.10. The molecule has 0 unspecified atom stereocenters. The molecular weight excluding hydrogens is 681 g/mol. The summed E-state index contributed by atoms with van der Waals surface area (Å²) in [4.78, 5) is 4.83. The Morgan fingerprint density at radius 1 is 0.429 bits per heavy atom. The van der Waals surface area contributed by atoms with Crippen LogP contribution < -0.4 is 14.5 Å². The lowest BCUT2D eigenvalue weighted by Gasteiger charge is -2.45. The normalized spacial score (nSPS) is 13.4. The fourth-order valence-electron chi connectivity index (χ4n) is 9.02. The Balaban J connectivity index is 1.08. The van der Waals surface area contributed by atoms with Crippen LogP contribution in [0.3, 0.4) is 0 Å². The van der Waals surface area contributed by atoms with Crippen molar-refractivity contribution in [2.24, 2.45) is 0 Å². The molecule has 0 bridgehead atoms. The second-order valence-electron chi connectivity index (χ2n) is 15.4. The van der Waals surface area contributed by atoms with E-state index in [0.29, 0.717) is 0 Å². The predicted octanol–water partition coefficient (Wildman–Crippen LogP) is 15.0. The molecule has 0 aliphatic carbocycles. The van der Waals surface area contributed by atoms with Crippen LogP contribution >= 0.6 is 0 Å². The number of hydrogen-bond acceptors (Lipinski definition) is 3. The zero-order valence-corrected chi connectivity index (χ0v) is 31.3. The molecule has 2 aliphatic rings. The maximum absolute atomic E-state index is 6.47. The summed E-state index contributed by atoms with van der Waals surface area (Å²) in [6.45, 7) is 4.68. The summed E-state index contributed by atoms with van der Waals surface area (Å²) < 4.78 is 6.47. The monoisotopic (exact) mass is 718 g/mol. The highest BCUT2D eigenvalue weighted by molar-refractivity contribution is 6.14. The molecule has 2 aliphatic heterocycles. The fraction of sp³-hybridized carbons (Fsp3) is 0.0566. The van der Waals surface area contributed by atoms with Gasteiger partial charge >= 0.3 is 0 Å². The molecule has 3 nitrogen and oxygen atoms in total. The highest BCUT2D eigenvalue weighted by Gasteiger charge is 2.41. The van der Waals surface area contributed by atoms with Gasteiger partial charge in [-0.15, -0.1) is 0 Å². The molecule has 0 saturated carbocycles. The van der Waals surface area contributed by atoms with Gasteiger partial charge in [-0.05, 0) is 110 Å².